The van der Waals surface area contributed by atoms with Crippen LogP contribution >= 0.6 is 0 Å². The Kier molecular flexibility index (Phi) is 10.7. The first-order valence-corrected chi connectivity index (χ1v) is 21.3. The Morgan fingerprint density at radius 2 is 0.409 bits per heavy atom. The number of hydrogen-bond acceptors (Lipinski definition) is 10. The van der Waals surface area contributed by atoms with Gasteiger partial charge in [0.05, 0.1) is 23.8 Å². The van der Waals surface area contributed by atoms with Crippen molar-refractivity contribution in [2.24, 2.45) is 0 Å². The van der Waals surface area contributed by atoms with Gasteiger partial charge < -0.3 is 0 Å². The maximum absolute atomic E-state index is 5.14. The second-order valence-electron chi connectivity index (χ2n) is 15.4. The summed E-state index contributed by atoms with van der Waals surface area (Å²) in [7, 11) is 0. The number of rotatable bonds is 10. The molecule has 66 heavy (non-hydrogen) atoms. The molecule has 10 nitrogen and oxygen atoms in total. The molecule has 11 aromatic rings. The lowest BCUT2D eigenvalue weighted by molar-refractivity contribution is 1.17. The molecule has 0 radical (unpaired) electrons. The molecule has 0 aliphatic heterocycles. The zero-order valence-electron chi connectivity index (χ0n) is 35.3. The van der Waals surface area contributed by atoms with E-state index in [0.717, 1.165) is 77.9 Å². The highest BCUT2D eigenvalue weighted by atomic mass is 14.9. The van der Waals surface area contributed by atoms with E-state index in [1.165, 1.54) is 0 Å². The van der Waals surface area contributed by atoms with Gasteiger partial charge in [0, 0.05) is 83.0 Å². The van der Waals surface area contributed by atoms with Gasteiger partial charge in [-0.3, -0.25) is 9.97 Å². The van der Waals surface area contributed by atoms with Crippen LogP contribution in [0.5, 0.6) is 0 Å². The topological polar surface area (TPSA) is 129 Å². The molecule has 0 aliphatic carbocycles. The lowest BCUT2D eigenvalue weighted by atomic mass is 9.90. The number of benzene rings is 6. The van der Waals surface area contributed by atoms with Crippen LogP contribution in [0.1, 0.15) is 0 Å². The van der Waals surface area contributed by atoms with E-state index in [-0.39, 0.29) is 0 Å². The Labute approximate surface area is 380 Å². The molecule has 5 aromatic heterocycles. The van der Waals surface area contributed by atoms with Crippen LogP contribution in [0.4, 0.5) is 0 Å². The molecular weight excluding hydrogens is 813 g/mol. The monoisotopic (exact) mass is 848 g/mol. The summed E-state index contributed by atoms with van der Waals surface area (Å²) in [6, 6.07) is 53.1. The third-order valence-electron chi connectivity index (χ3n) is 11.3. The summed E-state index contributed by atoms with van der Waals surface area (Å²) in [6.07, 6.45) is 17.8. The summed E-state index contributed by atoms with van der Waals surface area (Å²) in [5.74, 6) is 2.56. The average molecular weight is 849 g/mol. The minimum Gasteiger partial charge on any atom is -0.252 e. The molecule has 11 rings (SSSR count). The summed E-state index contributed by atoms with van der Waals surface area (Å²) in [5, 5.41) is 0. The van der Waals surface area contributed by atoms with Gasteiger partial charge in [-0.25, -0.2) is 39.9 Å². The first-order chi connectivity index (χ1) is 32.7. The van der Waals surface area contributed by atoms with Crippen LogP contribution in [0.25, 0.3) is 113 Å². The van der Waals surface area contributed by atoms with Crippen molar-refractivity contribution in [3.8, 4) is 113 Å². The fraction of sp³-hybridized carbons (Fsp3) is 0. The normalized spacial score (nSPS) is 11.0. The van der Waals surface area contributed by atoms with Gasteiger partial charge in [0.2, 0.25) is 0 Å². The molecule has 0 N–H and O–H groups in total. The van der Waals surface area contributed by atoms with E-state index in [9.17, 15) is 0 Å². The van der Waals surface area contributed by atoms with Crippen LogP contribution in [0, 0.1) is 0 Å². The summed E-state index contributed by atoms with van der Waals surface area (Å²) in [6.45, 7) is 0. The van der Waals surface area contributed by atoms with Gasteiger partial charge in [0.25, 0.3) is 0 Å². The van der Waals surface area contributed by atoms with E-state index in [1.807, 2.05) is 85.2 Å². The second-order valence-corrected chi connectivity index (χ2v) is 15.4. The van der Waals surface area contributed by atoms with Crippen molar-refractivity contribution >= 4 is 0 Å². The van der Waals surface area contributed by atoms with Gasteiger partial charge in [-0.05, 0) is 105 Å². The molecule has 5 heterocycles. The highest BCUT2D eigenvalue weighted by Gasteiger charge is 2.19. The summed E-state index contributed by atoms with van der Waals surface area (Å²) >= 11 is 0. The van der Waals surface area contributed by atoms with Crippen LogP contribution in [-0.4, -0.2) is 49.8 Å². The third-order valence-corrected chi connectivity index (χ3v) is 11.3. The Morgan fingerprint density at radius 3 is 0.636 bits per heavy atom. The Hall–Kier alpha value is -9.28. The third kappa shape index (κ3) is 7.97. The average Bonchev–Trinajstić information content (AvgIpc) is 3.41. The van der Waals surface area contributed by atoms with Crippen molar-refractivity contribution in [3.63, 3.8) is 0 Å². The molecular formula is C56H36N10. The van der Waals surface area contributed by atoms with Gasteiger partial charge in [-0.15, -0.1) is 0 Å². The standard InChI is InChI=1S/C56H36N10/c1-5-17-47(53-57-21-9-22-58-53)43(13-1)37-29-38(44-14-2-6-18-48(44)54-59-23-10-24-60-54)32-41(31-37)51-35-66-52(36-65-51)42-33-39(45-15-3-7-19-49(45)55-61-25-11-26-62-55)30-40(34-42)46-16-4-8-20-50(46)56-63-27-12-28-64-56/h1-36H. The fourth-order valence-corrected chi connectivity index (χ4v) is 8.27. The summed E-state index contributed by atoms with van der Waals surface area (Å²) in [4.78, 5) is 47.2. The SMILES string of the molecule is c1cnc(-c2ccccc2-c2cc(-c3cnc(-c4cc(-c5ccccc5-c5ncccn5)cc(-c5ccccc5-c5ncccn5)c4)cn3)cc(-c3ccccc3-c3ncccn3)c2)nc1. The lowest BCUT2D eigenvalue weighted by Crippen LogP contribution is -1.96. The van der Waals surface area contributed by atoms with E-state index in [0.29, 0.717) is 34.7 Å². The van der Waals surface area contributed by atoms with Gasteiger partial charge in [0.15, 0.2) is 23.3 Å². The van der Waals surface area contributed by atoms with Gasteiger partial charge in [0.1, 0.15) is 0 Å². The Bertz CT molecular complexity index is 3030. The smallest absolute Gasteiger partial charge is 0.159 e. The van der Waals surface area contributed by atoms with E-state index in [4.69, 9.17) is 9.97 Å². The Balaban J connectivity index is 1.06. The molecule has 6 aromatic carbocycles. The minimum atomic E-state index is 0.640. The van der Waals surface area contributed by atoms with Crippen molar-refractivity contribution in [2.45, 2.75) is 0 Å². The molecule has 10 heteroatoms. The van der Waals surface area contributed by atoms with E-state index in [2.05, 4.69) is 125 Å². The van der Waals surface area contributed by atoms with E-state index < -0.39 is 0 Å². The quantitative estimate of drug-likeness (QED) is 0.131. The molecule has 0 saturated heterocycles. The molecule has 0 amide bonds. The first kappa shape index (κ1) is 39.6. The van der Waals surface area contributed by atoms with Gasteiger partial charge in [-0.1, -0.05) is 97.1 Å². The molecule has 0 aliphatic rings. The summed E-state index contributed by atoms with van der Waals surface area (Å²) < 4.78 is 0. The van der Waals surface area contributed by atoms with Crippen LogP contribution in [0.3, 0.4) is 0 Å². The molecule has 0 bridgehead atoms. The zero-order chi connectivity index (χ0) is 44.1. The molecule has 0 atom stereocenters. The van der Waals surface area contributed by atoms with Crippen LogP contribution in [-0.2, 0) is 0 Å². The van der Waals surface area contributed by atoms with Crippen molar-refractivity contribution < 1.29 is 0 Å². The maximum atomic E-state index is 5.14. The second kappa shape index (κ2) is 17.8. The van der Waals surface area contributed by atoms with Crippen molar-refractivity contribution in [2.75, 3.05) is 0 Å². The molecule has 310 valence electrons. The molecule has 0 spiro atoms. The molecule has 0 fully saturated rings. The zero-order valence-corrected chi connectivity index (χ0v) is 35.3. The largest absolute Gasteiger partial charge is 0.252 e. The number of hydrogen-bond donors (Lipinski definition) is 0. The van der Waals surface area contributed by atoms with Crippen molar-refractivity contribution in [1.29, 1.82) is 0 Å². The van der Waals surface area contributed by atoms with Crippen LogP contribution in [0.15, 0.2) is 220 Å². The number of aromatic nitrogens is 10. The summed E-state index contributed by atoms with van der Waals surface area (Å²) in [5.41, 5.74) is 14.7. The van der Waals surface area contributed by atoms with Crippen LogP contribution < -0.4 is 0 Å². The lowest BCUT2D eigenvalue weighted by Gasteiger charge is -2.16. The molecule has 0 saturated carbocycles. The van der Waals surface area contributed by atoms with E-state index >= 15 is 0 Å². The fourth-order valence-electron chi connectivity index (χ4n) is 8.27. The minimum absolute atomic E-state index is 0.640. The highest BCUT2D eigenvalue weighted by Crippen LogP contribution is 2.41. The van der Waals surface area contributed by atoms with Crippen molar-refractivity contribution in [1.82, 2.24) is 49.8 Å². The van der Waals surface area contributed by atoms with Gasteiger partial charge >= 0.3 is 0 Å². The van der Waals surface area contributed by atoms with Gasteiger partial charge in [-0.2, -0.15) is 0 Å². The highest BCUT2D eigenvalue weighted by molar-refractivity contribution is 5.91. The predicted molar refractivity (Wildman–Crippen MR) is 259 cm³/mol. The van der Waals surface area contributed by atoms with Crippen LogP contribution in [0.2, 0.25) is 0 Å². The number of nitrogens with zero attached hydrogens (tertiary/aromatic N) is 10. The molecule has 0 unspecified atom stereocenters. The maximum Gasteiger partial charge on any atom is 0.159 e. The predicted octanol–water partition coefficient (Wildman–Crippen LogP) is 12.3. The first-order valence-electron chi connectivity index (χ1n) is 21.3. The van der Waals surface area contributed by atoms with E-state index in [1.54, 1.807) is 49.6 Å². The Morgan fingerprint density at radius 1 is 0.197 bits per heavy atom. The van der Waals surface area contributed by atoms with Crippen molar-refractivity contribution in [3.05, 3.63) is 220 Å².